The monoisotopic (exact) mass is 516 g/mol. The molecule has 8 heteroatoms. The number of rotatable bonds is 5. The molecule has 0 unspecified atom stereocenters. The first-order valence-corrected chi connectivity index (χ1v) is 12.7. The molecule has 8 nitrogen and oxygen atoms in total. The highest BCUT2D eigenvalue weighted by molar-refractivity contribution is 5.93. The Morgan fingerprint density at radius 3 is 1.45 bits per heavy atom. The molecule has 0 spiro atoms. The maximum atomic E-state index is 4.86. The minimum atomic E-state index is 0.414. The normalized spacial score (nSPS) is 11.0. The number of fused-ring (bicyclic) bond motifs is 1. The van der Waals surface area contributed by atoms with Crippen LogP contribution in [0, 0.1) is 0 Å². The zero-order valence-corrected chi connectivity index (χ0v) is 21.1. The van der Waals surface area contributed by atoms with Crippen LogP contribution < -0.4 is 0 Å². The summed E-state index contributed by atoms with van der Waals surface area (Å²) in [7, 11) is 0. The molecule has 0 amide bonds. The largest absolute Gasteiger partial charge is 0.255 e. The minimum Gasteiger partial charge on any atom is -0.255 e. The van der Waals surface area contributed by atoms with Crippen LogP contribution in [0.5, 0.6) is 0 Å². The lowest BCUT2D eigenvalue weighted by Crippen LogP contribution is -2.04. The van der Waals surface area contributed by atoms with Crippen LogP contribution in [0.1, 0.15) is 0 Å². The van der Waals surface area contributed by atoms with Gasteiger partial charge in [0.05, 0.1) is 22.8 Å². The van der Waals surface area contributed by atoms with Gasteiger partial charge in [0.25, 0.3) is 0 Å². The van der Waals surface area contributed by atoms with Crippen molar-refractivity contribution in [2.24, 2.45) is 0 Å². The number of pyridine rings is 5. The van der Waals surface area contributed by atoms with E-state index in [9.17, 15) is 0 Å². The predicted octanol–water partition coefficient (Wildman–Crippen LogP) is 6.33. The maximum absolute atomic E-state index is 4.86. The van der Waals surface area contributed by atoms with Gasteiger partial charge < -0.3 is 0 Å². The molecule has 0 saturated carbocycles. The zero-order chi connectivity index (χ0) is 26.7. The molecule has 0 bridgehead atoms. The Hall–Kier alpha value is -5.76. The summed E-state index contributed by atoms with van der Waals surface area (Å²) in [5.74, 6) is 1.27. The summed E-state index contributed by atoms with van der Waals surface area (Å²) >= 11 is 0. The molecule has 0 radical (unpaired) electrons. The Morgan fingerprint density at radius 2 is 0.850 bits per heavy atom. The molecular formula is C32H20N8. The molecular weight excluding hydrogens is 496 g/mol. The second kappa shape index (κ2) is 10.2. The lowest BCUT2D eigenvalue weighted by Gasteiger charge is -2.10. The van der Waals surface area contributed by atoms with Crippen molar-refractivity contribution in [2.45, 2.75) is 0 Å². The predicted molar refractivity (Wildman–Crippen MR) is 153 cm³/mol. The van der Waals surface area contributed by atoms with E-state index >= 15 is 0 Å². The first kappa shape index (κ1) is 23.4. The first-order valence-electron chi connectivity index (χ1n) is 12.7. The second-order valence-corrected chi connectivity index (χ2v) is 8.93. The molecule has 7 rings (SSSR count). The SMILES string of the molecule is c1ccc(-c2cccc(-c3nc(-c4cccc(-c5ccccn5)n4)nc(-c4nccc5ccccc45)n3)n2)nc1. The molecule has 188 valence electrons. The van der Waals surface area contributed by atoms with Crippen molar-refractivity contribution in [3.63, 3.8) is 0 Å². The molecule has 0 atom stereocenters. The van der Waals surface area contributed by atoms with Gasteiger partial charge in [0.1, 0.15) is 17.1 Å². The van der Waals surface area contributed by atoms with E-state index in [1.165, 1.54) is 0 Å². The summed E-state index contributed by atoms with van der Waals surface area (Å²) in [6.45, 7) is 0. The smallest absolute Gasteiger partial charge is 0.183 e. The number of nitrogens with zero attached hydrogens (tertiary/aromatic N) is 8. The van der Waals surface area contributed by atoms with Gasteiger partial charge in [-0.2, -0.15) is 0 Å². The molecule has 6 aromatic heterocycles. The van der Waals surface area contributed by atoms with E-state index in [0.717, 1.165) is 33.5 Å². The summed E-state index contributed by atoms with van der Waals surface area (Å²) < 4.78 is 0. The number of hydrogen-bond donors (Lipinski definition) is 0. The number of aromatic nitrogens is 8. The van der Waals surface area contributed by atoms with Crippen LogP contribution >= 0.6 is 0 Å². The Bertz CT molecular complexity index is 1850. The molecule has 0 aliphatic carbocycles. The molecule has 0 fully saturated rings. The molecule has 1 aromatic carbocycles. The topological polar surface area (TPSA) is 103 Å². The molecule has 0 N–H and O–H groups in total. The summed E-state index contributed by atoms with van der Waals surface area (Å²) in [4.78, 5) is 37.8. The summed E-state index contributed by atoms with van der Waals surface area (Å²) in [5, 5.41) is 1.99. The Balaban J connectivity index is 1.42. The summed E-state index contributed by atoms with van der Waals surface area (Å²) in [6.07, 6.45) is 5.26. The minimum absolute atomic E-state index is 0.414. The van der Waals surface area contributed by atoms with Gasteiger partial charge in [0.2, 0.25) is 0 Å². The fourth-order valence-electron chi connectivity index (χ4n) is 4.44. The molecule has 0 aliphatic heterocycles. The third-order valence-corrected chi connectivity index (χ3v) is 6.33. The van der Waals surface area contributed by atoms with Crippen molar-refractivity contribution in [1.29, 1.82) is 0 Å². The van der Waals surface area contributed by atoms with E-state index in [4.69, 9.17) is 24.9 Å². The standard InChI is InChI=1S/C32H20N8/c1-2-10-22-21(9-1)17-20-35-29(22)32-39-30(27-15-7-13-25(36-27)23-11-3-5-18-33-23)38-31(40-32)28-16-8-14-26(37-28)24-12-4-6-19-34-24/h1-20H. The fourth-order valence-corrected chi connectivity index (χ4v) is 4.44. The second-order valence-electron chi connectivity index (χ2n) is 8.93. The molecule has 0 aliphatic rings. The molecule has 40 heavy (non-hydrogen) atoms. The van der Waals surface area contributed by atoms with Gasteiger partial charge >= 0.3 is 0 Å². The maximum Gasteiger partial charge on any atom is 0.183 e. The molecule has 6 heterocycles. The van der Waals surface area contributed by atoms with E-state index in [1.807, 2.05) is 103 Å². The van der Waals surface area contributed by atoms with Crippen LogP contribution in [-0.4, -0.2) is 39.9 Å². The van der Waals surface area contributed by atoms with E-state index in [0.29, 0.717) is 34.6 Å². The van der Waals surface area contributed by atoms with Gasteiger partial charge in [-0.15, -0.1) is 0 Å². The van der Waals surface area contributed by atoms with Gasteiger partial charge in [-0.25, -0.2) is 24.9 Å². The highest BCUT2D eigenvalue weighted by atomic mass is 15.1. The van der Waals surface area contributed by atoms with Crippen molar-refractivity contribution in [1.82, 2.24) is 39.9 Å². The van der Waals surface area contributed by atoms with Crippen molar-refractivity contribution in [2.75, 3.05) is 0 Å². The zero-order valence-electron chi connectivity index (χ0n) is 21.1. The highest BCUT2D eigenvalue weighted by Crippen LogP contribution is 2.28. The van der Waals surface area contributed by atoms with Crippen LogP contribution in [0.3, 0.4) is 0 Å². The summed E-state index contributed by atoms with van der Waals surface area (Å²) in [5.41, 5.74) is 4.81. The third kappa shape index (κ3) is 4.54. The Kier molecular flexibility index (Phi) is 5.95. The van der Waals surface area contributed by atoms with Gasteiger partial charge in [0.15, 0.2) is 17.5 Å². The third-order valence-electron chi connectivity index (χ3n) is 6.33. The van der Waals surface area contributed by atoms with Crippen LogP contribution in [-0.2, 0) is 0 Å². The van der Waals surface area contributed by atoms with Gasteiger partial charge in [-0.3, -0.25) is 15.0 Å². The van der Waals surface area contributed by atoms with Crippen LogP contribution in [0.4, 0.5) is 0 Å². The van der Waals surface area contributed by atoms with Crippen LogP contribution in [0.2, 0.25) is 0 Å². The lowest BCUT2D eigenvalue weighted by atomic mass is 10.1. The van der Waals surface area contributed by atoms with E-state index in [1.54, 1.807) is 18.6 Å². The van der Waals surface area contributed by atoms with E-state index in [2.05, 4.69) is 15.0 Å². The first-order chi connectivity index (χ1) is 19.8. The van der Waals surface area contributed by atoms with Gasteiger partial charge in [-0.05, 0) is 60.0 Å². The average molecular weight is 517 g/mol. The van der Waals surface area contributed by atoms with Crippen molar-refractivity contribution < 1.29 is 0 Å². The molecule has 0 saturated heterocycles. The number of benzene rings is 1. The van der Waals surface area contributed by atoms with E-state index in [-0.39, 0.29) is 0 Å². The van der Waals surface area contributed by atoms with E-state index < -0.39 is 0 Å². The van der Waals surface area contributed by atoms with Crippen LogP contribution in [0.25, 0.3) is 68.1 Å². The Labute approximate surface area is 229 Å². The van der Waals surface area contributed by atoms with Crippen molar-refractivity contribution in [3.8, 4) is 57.3 Å². The Morgan fingerprint density at radius 1 is 0.325 bits per heavy atom. The molecule has 7 aromatic rings. The quantitative estimate of drug-likeness (QED) is 0.261. The average Bonchev–Trinajstić information content (AvgIpc) is 3.05. The fraction of sp³-hybridized carbons (Fsp3) is 0. The number of hydrogen-bond acceptors (Lipinski definition) is 8. The highest BCUT2D eigenvalue weighted by Gasteiger charge is 2.17. The lowest BCUT2D eigenvalue weighted by molar-refractivity contribution is 1.04. The van der Waals surface area contributed by atoms with Gasteiger partial charge in [-0.1, -0.05) is 48.5 Å². The summed E-state index contributed by atoms with van der Waals surface area (Å²) in [6, 6.07) is 32.9. The van der Waals surface area contributed by atoms with Crippen LogP contribution in [0.15, 0.2) is 122 Å². The van der Waals surface area contributed by atoms with Crippen molar-refractivity contribution >= 4 is 10.8 Å². The van der Waals surface area contributed by atoms with Crippen molar-refractivity contribution in [3.05, 3.63) is 122 Å². The van der Waals surface area contributed by atoms with Gasteiger partial charge in [0, 0.05) is 24.0 Å².